The SMILES string of the molecule is C=CCO[CH-]OCC=C.CCCCO.[Ti]. The van der Waals surface area contributed by atoms with Gasteiger partial charge >= 0.3 is 0 Å². The molecule has 0 saturated heterocycles. The molecule has 0 radical (unpaired) electrons. The van der Waals surface area contributed by atoms with Crippen LogP contribution in [-0.2, 0) is 31.2 Å². The number of ether oxygens (including phenoxy) is 2. The van der Waals surface area contributed by atoms with Crippen LogP contribution in [0.2, 0.25) is 0 Å². The normalized spacial score (nSPS) is 8.13. The fraction of sp³-hybridized carbons (Fsp3) is 0.545. The van der Waals surface area contributed by atoms with Crippen LogP contribution in [0.5, 0.6) is 0 Å². The molecule has 0 aromatic heterocycles. The summed E-state index contributed by atoms with van der Waals surface area (Å²) in [5.41, 5.74) is 0. The second-order valence-corrected chi connectivity index (χ2v) is 2.42. The molecule has 0 aromatic carbocycles. The van der Waals surface area contributed by atoms with Crippen molar-refractivity contribution < 1.29 is 36.3 Å². The number of aliphatic hydroxyl groups is 1. The Balaban J connectivity index is -0.000000208. The second-order valence-electron chi connectivity index (χ2n) is 2.42. The molecular formula is C11H21O3Ti-. The molecule has 0 fully saturated rings. The van der Waals surface area contributed by atoms with Crippen molar-refractivity contribution in [2.45, 2.75) is 19.8 Å². The number of unbranched alkanes of at least 4 members (excludes halogenated alkanes) is 1. The first-order valence-electron chi connectivity index (χ1n) is 4.71. The van der Waals surface area contributed by atoms with Crippen molar-refractivity contribution in [1.29, 1.82) is 0 Å². The molecule has 0 unspecified atom stereocenters. The van der Waals surface area contributed by atoms with Crippen LogP contribution in [0.4, 0.5) is 0 Å². The zero-order valence-corrected chi connectivity index (χ0v) is 11.0. The maximum atomic E-state index is 8.07. The molecular weight excluding hydrogens is 228 g/mol. The third-order valence-corrected chi connectivity index (χ3v) is 1.08. The summed E-state index contributed by atoms with van der Waals surface area (Å²) in [6, 6.07) is 0. The average molecular weight is 249 g/mol. The molecule has 3 nitrogen and oxygen atoms in total. The van der Waals surface area contributed by atoms with Crippen molar-refractivity contribution in [2.24, 2.45) is 0 Å². The first-order chi connectivity index (χ1) is 6.83. The van der Waals surface area contributed by atoms with Gasteiger partial charge in [-0.3, -0.25) is 0 Å². The molecule has 1 N–H and O–H groups in total. The van der Waals surface area contributed by atoms with Crippen molar-refractivity contribution in [3.63, 3.8) is 0 Å². The smallest absolute Gasteiger partial charge is 0.0430 e. The standard InChI is InChI=1S/C7H11O2.C4H10O.Ti/c1-3-5-8-7-9-6-4-2;1-2-3-4-5;/h3-4,7H,1-2,5-6H2;5H,2-4H2,1H3;/q-1;;. The molecule has 88 valence electrons. The van der Waals surface area contributed by atoms with E-state index in [1.165, 1.54) is 6.79 Å². The van der Waals surface area contributed by atoms with Crippen LogP contribution in [-0.4, -0.2) is 24.9 Å². The number of hydrogen-bond acceptors (Lipinski definition) is 3. The minimum Gasteiger partial charge on any atom is -0.522 e. The van der Waals surface area contributed by atoms with E-state index in [0.717, 1.165) is 12.8 Å². The first-order valence-corrected chi connectivity index (χ1v) is 4.71. The van der Waals surface area contributed by atoms with E-state index in [4.69, 9.17) is 14.6 Å². The van der Waals surface area contributed by atoms with E-state index in [1.54, 1.807) is 12.2 Å². The molecule has 0 aromatic rings. The molecule has 0 aliphatic carbocycles. The second kappa shape index (κ2) is 23.7. The van der Waals surface area contributed by atoms with Crippen molar-refractivity contribution in [1.82, 2.24) is 0 Å². The molecule has 0 bridgehead atoms. The summed E-state index contributed by atoms with van der Waals surface area (Å²) in [5.74, 6) is 0. The zero-order chi connectivity index (χ0) is 11.1. The van der Waals surface area contributed by atoms with Gasteiger partial charge in [-0.2, -0.15) is 0 Å². The average Bonchev–Trinajstić information content (AvgIpc) is 2.20. The fourth-order valence-electron chi connectivity index (χ4n) is 0.421. The molecule has 4 heteroatoms. The monoisotopic (exact) mass is 249 g/mol. The van der Waals surface area contributed by atoms with Crippen molar-refractivity contribution in [2.75, 3.05) is 19.8 Å². The van der Waals surface area contributed by atoms with Gasteiger partial charge in [0.2, 0.25) is 0 Å². The van der Waals surface area contributed by atoms with E-state index in [9.17, 15) is 0 Å². The molecule has 0 saturated carbocycles. The Labute approximate surface area is 108 Å². The summed E-state index contributed by atoms with van der Waals surface area (Å²) >= 11 is 0. The van der Waals surface area contributed by atoms with E-state index >= 15 is 0 Å². The van der Waals surface area contributed by atoms with Crippen molar-refractivity contribution in [3.05, 3.63) is 32.1 Å². The van der Waals surface area contributed by atoms with Crippen LogP contribution < -0.4 is 0 Å². The first kappa shape index (κ1) is 20.5. The largest absolute Gasteiger partial charge is 0.522 e. The van der Waals surface area contributed by atoms with E-state index in [1.807, 2.05) is 0 Å². The summed E-state index contributed by atoms with van der Waals surface area (Å²) in [7, 11) is 0. The number of rotatable bonds is 8. The van der Waals surface area contributed by atoms with Crippen LogP contribution in [0, 0.1) is 6.79 Å². The summed E-state index contributed by atoms with van der Waals surface area (Å²) in [5, 5.41) is 8.07. The molecule has 15 heavy (non-hydrogen) atoms. The quantitative estimate of drug-likeness (QED) is 0.310. The summed E-state index contributed by atoms with van der Waals surface area (Å²) in [6.45, 7) is 11.6. The van der Waals surface area contributed by atoms with E-state index in [2.05, 4.69) is 20.1 Å². The Bertz CT molecular complexity index is 106. The third-order valence-electron chi connectivity index (χ3n) is 1.08. The maximum absolute atomic E-state index is 8.07. The van der Waals surface area contributed by atoms with Gasteiger partial charge in [-0.1, -0.05) is 32.3 Å². The predicted molar refractivity (Wildman–Crippen MR) is 58.6 cm³/mol. The van der Waals surface area contributed by atoms with Gasteiger partial charge in [0.1, 0.15) is 0 Å². The minimum atomic E-state index is 0. The van der Waals surface area contributed by atoms with Gasteiger partial charge in [0.05, 0.1) is 0 Å². The molecule has 0 aliphatic rings. The van der Waals surface area contributed by atoms with Gasteiger partial charge in [0.25, 0.3) is 0 Å². The molecule has 0 heterocycles. The Morgan fingerprint density at radius 2 is 1.67 bits per heavy atom. The van der Waals surface area contributed by atoms with Gasteiger partial charge in [-0.15, -0.1) is 13.2 Å². The topological polar surface area (TPSA) is 38.7 Å². The van der Waals surface area contributed by atoms with E-state index in [0.29, 0.717) is 19.8 Å². The number of hydrogen-bond donors (Lipinski definition) is 1. The zero-order valence-electron chi connectivity index (χ0n) is 9.45. The van der Waals surface area contributed by atoms with Gasteiger partial charge in [-0.05, 0) is 6.42 Å². The molecule has 0 spiro atoms. The van der Waals surface area contributed by atoms with Gasteiger partial charge < -0.3 is 14.6 Å². The summed E-state index contributed by atoms with van der Waals surface area (Å²) in [6.07, 6.45) is 5.33. The van der Waals surface area contributed by atoms with Crippen LogP contribution in [0.15, 0.2) is 25.3 Å². The maximum Gasteiger partial charge on any atom is 0.0430 e. The Morgan fingerprint density at radius 1 is 1.20 bits per heavy atom. The third kappa shape index (κ3) is 31.5. The molecule has 0 rings (SSSR count). The predicted octanol–water partition coefficient (Wildman–Crippen LogP) is 2.29. The van der Waals surface area contributed by atoms with Crippen LogP contribution in [0.1, 0.15) is 19.8 Å². The van der Waals surface area contributed by atoms with Gasteiger partial charge in [-0.25, -0.2) is 0 Å². The molecule has 0 aliphatic heterocycles. The minimum absolute atomic E-state index is 0. The van der Waals surface area contributed by atoms with Crippen molar-refractivity contribution in [3.8, 4) is 0 Å². The molecule has 0 atom stereocenters. The van der Waals surface area contributed by atoms with Gasteiger partial charge in [0, 0.05) is 41.5 Å². The fourth-order valence-corrected chi connectivity index (χ4v) is 0.421. The van der Waals surface area contributed by atoms with E-state index in [-0.39, 0.29) is 21.7 Å². The summed E-state index contributed by atoms with van der Waals surface area (Å²) < 4.78 is 9.54. The Morgan fingerprint density at radius 3 is 1.87 bits per heavy atom. The Kier molecular flexibility index (Phi) is 32.4. The van der Waals surface area contributed by atoms with Crippen LogP contribution in [0.3, 0.4) is 0 Å². The van der Waals surface area contributed by atoms with Crippen molar-refractivity contribution >= 4 is 0 Å². The van der Waals surface area contributed by atoms with Gasteiger partial charge in [0.15, 0.2) is 0 Å². The van der Waals surface area contributed by atoms with E-state index < -0.39 is 0 Å². The Hall–Kier alpha value is 0.0743. The van der Waals surface area contributed by atoms with Crippen LogP contribution >= 0.6 is 0 Å². The van der Waals surface area contributed by atoms with Crippen LogP contribution in [0.25, 0.3) is 0 Å². The summed E-state index contributed by atoms with van der Waals surface area (Å²) in [4.78, 5) is 0. The number of aliphatic hydroxyl groups excluding tert-OH is 1. The molecule has 0 amide bonds.